The van der Waals surface area contributed by atoms with Gasteiger partial charge in [-0.05, 0) is 44.9 Å². The number of rotatable bonds is 3. The van der Waals surface area contributed by atoms with Crippen molar-refractivity contribution in [1.29, 1.82) is 0 Å². The Labute approximate surface area is 195 Å². The molecule has 0 unspecified atom stereocenters. The Morgan fingerprint density at radius 1 is 1.36 bits per heavy atom. The van der Waals surface area contributed by atoms with E-state index in [1.165, 1.54) is 21.9 Å². The number of likely N-dealkylation sites (N-methyl/N-ethyl adjacent to an activating group) is 1. The molecule has 0 spiro atoms. The first-order chi connectivity index (χ1) is 15.7. The van der Waals surface area contributed by atoms with Gasteiger partial charge in [-0.25, -0.2) is 4.98 Å². The van der Waals surface area contributed by atoms with E-state index in [4.69, 9.17) is 4.74 Å². The van der Waals surface area contributed by atoms with Gasteiger partial charge in [0.15, 0.2) is 4.96 Å². The van der Waals surface area contributed by atoms with Crippen molar-refractivity contribution in [3.63, 3.8) is 0 Å². The summed E-state index contributed by atoms with van der Waals surface area (Å²) in [5.74, 6) is 6.03. The number of aromatic nitrogens is 2. The Morgan fingerprint density at radius 2 is 2.15 bits per heavy atom. The number of nitrogens with zero attached hydrogens (tertiary/aromatic N) is 3. The standard InChI is InChI=1S/C24H24N4O4S/c1-24(2,31)9-8-14-4-7-20-18(10-14)27(3)22(30)17(12-32-20)25-21(29)16-11-28-19(15-5-6-15)13-33-23(28)26-16/h4,7,10-11,13,15,17,31H,5-6,12H2,1-3H3,(H,25,29)/t17-/m0/s1. The number of benzene rings is 1. The lowest BCUT2D eigenvalue weighted by molar-refractivity contribution is -0.120. The van der Waals surface area contributed by atoms with Crippen LogP contribution in [0.2, 0.25) is 0 Å². The largest absolute Gasteiger partial charge is 0.489 e. The number of imidazole rings is 1. The second kappa shape index (κ2) is 7.90. The van der Waals surface area contributed by atoms with Gasteiger partial charge < -0.3 is 20.1 Å². The molecule has 2 aliphatic rings. The number of fused-ring (bicyclic) bond motifs is 2. The first-order valence-electron chi connectivity index (χ1n) is 10.8. The highest BCUT2D eigenvalue weighted by Gasteiger charge is 2.32. The Kier molecular flexibility index (Phi) is 5.15. The predicted molar refractivity (Wildman–Crippen MR) is 125 cm³/mol. The molecule has 9 heteroatoms. The first kappa shape index (κ1) is 21.5. The van der Waals surface area contributed by atoms with Crippen molar-refractivity contribution in [2.45, 2.75) is 44.2 Å². The molecular formula is C24H24N4O4S. The normalized spacial score (nSPS) is 18.2. The van der Waals surface area contributed by atoms with Crippen LogP contribution in [0.4, 0.5) is 5.69 Å². The minimum Gasteiger partial charge on any atom is -0.489 e. The summed E-state index contributed by atoms with van der Waals surface area (Å²) < 4.78 is 7.82. The number of anilines is 1. The van der Waals surface area contributed by atoms with Crippen molar-refractivity contribution in [3.8, 4) is 17.6 Å². The third kappa shape index (κ3) is 4.32. The number of carbonyl (C=O) groups is 2. The van der Waals surface area contributed by atoms with Gasteiger partial charge >= 0.3 is 0 Å². The summed E-state index contributed by atoms with van der Waals surface area (Å²) in [5.41, 5.74) is 1.54. The molecule has 33 heavy (non-hydrogen) atoms. The Bertz CT molecular complexity index is 1320. The molecule has 3 heterocycles. The topological polar surface area (TPSA) is 96.2 Å². The molecule has 8 nitrogen and oxygen atoms in total. The minimum absolute atomic E-state index is 0.00610. The number of ether oxygens (including phenoxy) is 1. The number of nitrogens with one attached hydrogen (secondary N) is 1. The summed E-state index contributed by atoms with van der Waals surface area (Å²) in [7, 11) is 1.64. The van der Waals surface area contributed by atoms with E-state index in [0.29, 0.717) is 22.9 Å². The molecule has 2 aromatic heterocycles. The van der Waals surface area contributed by atoms with Gasteiger partial charge in [0.05, 0.1) is 5.69 Å². The van der Waals surface area contributed by atoms with Crippen LogP contribution in [-0.2, 0) is 4.79 Å². The number of hydrogen-bond donors (Lipinski definition) is 2. The minimum atomic E-state index is -1.12. The van der Waals surface area contributed by atoms with E-state index < -0.39 is 17.6 Å². The summed E-state index contributed by atoms with van der Waals surface area (Å²) in [5, 5.41) is 14.7. The zero-order valence-corrected chi connectivity index (χ0v) is 19.4. The summed E-state index contributed by atoms with van der Waals surface area (Å²) in [4.78, 5) is 32.7. The van der Waals surface area contributed by atoms with Crippen molar-refractivity contribution in [1.82, 2.24) is 14.7 Å². The molecule has 1 atom stereocenters. The SMILES string of the molecule is CN1C(=O)[C@@H](NC(=O)c2cn3c(C4CC4)csc3n2)COc2ccc(C#CC(C)(C)O)cc21. The molecule has 2 amide bonds. The second-order valence-electron chi connectivity index (χ2n) is 8.94. The van der Waals surface area contributed by atoms with Crippen LogP contribution in [0, 0.1) is 11.8 Å². The van der Waals surface area contributed by atoms with Gasteiger partial charge in [-0.15, -0.1) is 11.3 Å². The van der Waals surface area contributed by atoms with Crippen LogP contribution in [0.5, 0.6) is 5.75 Å². The summed E-state index contributed by atoms with van der Waals surface area (Å²) in [6, 6.07) is 4.38. The van der Waals surface area contributed by atoms with Crippen LogP contribution in [-0.4, -0.2) is 51.6 Å². The van der Waals surface area contributed by atoms with Crippen molar-refractivity contribution in [2.24, 2.45) is 0 Å². The van der Waals surface area contributed by atoms with Gasteiger partial charge in [-0.2, -0.15) is 0 Å². The molecule has 5 rings (SSSR count). The Morgan fingerprint density at radius 3 is 2.88 bits per heavy atom. The molecule has 1 aromatic carbocycles. The van der Waals surface area contributed by atoms with E-state index >= 15 is 0 Å². The third-order valence-corrected chi connectivity index (χ3v) is 6.50. The fourth-order valence-corrected chi connectivity index (χ4v) is 4.67. The van der Waals surface area contributed by atoms with Crippen LogP contribution < -0.4 is 15.0 Å². The third-order valence-electron chi connectivity index (χ3n) is 5.64. The van der Waals surface area contributed by atoms with Crippen molar-refractivity contribution in [2.75, 3.05) is 18.6 Å². The Hall–Kier alpha value is -3.35. The highest BCUT2D eigenvalue weighted by atomic mass is 32.1. The highest BCUT2D eigenvalue weighted by Crippen LogP contribution is 2.41. The van der Waals surface area contributed by atoms with Crippen LogP contribution in [0.3, 0.4) is 0 Å². The summed E-state index contributed by atoms with van der Waals surface area (Å²) in [6.45, 7) is 3.21. The lowest BCUT2D eigenvalue weighted by Crippen LogP contribution is -2.49. The molecule has 170 valence electrons. The van der Waals surface area contributed by atoms with Gasteiger partial charge in [0.1, 0.15) is 29.7 Å². The predicted octanol–water partition coefficient (Wildman–Crippen LogP) is 2.55. The fourth-order valence-electron chi connectivity index (χ4n) is 3.72. The fraction of sp³-hybridized carbons (Fsp3) is 0.375. The van der Waals surface area contributed by atoms with E-state index in [1.807, 2.05) is 4.40 Å². The van der Waals surface area contributed by atoms with E-state index in [9.17, 15) is 14.7 Å². The molecule has 0 saturated heterocycles. The quantitative estimate of drug-likeness (QED) is 0.581. The van der Waals surface area contributed by atoms with Crippen LogP contribution in [0.15, 0.2) is 29.8 Å². The monoisotopic (exact) mass is 464 g/mol. The van der Waals surface area contributed by atoms with Crippen LogP contribution in [0.25, 0.3) is 4.96 Å². The molecule has 1 saturated carbocycles. The number of aliphatic hydroxyl groups is 1. The molecule has 1 aliphatic heterocycles. The average molecular weight is 465 g/mol. The van der Waals surface area contributed by atoms with E-state index in [0.717, 1.165) is 17.8 Å². The average Bonchev–Trinajstić information content (AvgIpc) is 3.42. The highest BCUT2D eigenvalue weighted by molar-refractivity contribution is 7.15. The molecule has 3 aromatic rings. The first-order valence-corrected chi connectivity index (χ1v) is 11.6. The molecule has 1 aliphatic carbocycles. The maximum absolute atomic E-state index is 13.1. The van der Waals surface area contributed by atoms with Gasteiger partial charge in [-0.1, -0.05) is 11.8 Å². The lowest BCUT2D eigenvalue weighted by Gasteiger charge is -2.20. The molecule has 1 fully saturated rings. The zero-order valence-electron chi connectivity index (χ0n) is 18.6. The second-order valence-corrected chi connectivity index (χ2v) is 9.78. The van der Waals surface area contributed by atoms with Gasteiger partial charge in [0.25, 0.3) is 11.8 Å². The molecule has 0 radical (unpaired) electrons. The maximum atomic E-state index is 13.1. The van der Waals surface area contributed by atoms with Gasteiger partial charge in [0, 0.05) is 35.8 Å². The van der Waals surface area contributed by atoms with Crippen LogP contribution >= 0.6 is 11.3 Å². The summed E-state index contributed by atoms with van der Waals surface area (Å²) >= 11 is 1.51. The van der Waals surface area contributed by atoms with Crippen LogP contribution in [0.1, 0.15) is 54.4 Å². The smallest absolute Gasteiger partial charge is 0.272 e. The van der Waals surface area contributed by atoms with Crippen molar-refractivity contribution in [3.05, 3.63) is 46.7 Å². The number of carbonyl (C=O) groups excluding carboxylic acids is 2. The zero-order chi connectivity index (χ0) is 23.3. The molecule has 0 bridgehead atoms. The van der Waals surface area contributed by atoms with Gasteiger partial charge in [0.2, 0.25) is 0 Å². The number of thiazole rings is 1. The van der Waals surface area contributed by atoms with E-state index in [-0.39, 0.29) is 18.2 Å². The Balaban J connectivity index is 1.34. The molecular weight excluding hydrogens is 440 g/mol. The number of amides is 2. The maximum Gasteiger partial charge on any atom is 0.272 e. The van der Waals surface area contributed by atoms with Crippen molar-refractivity contribution >= 4 is 33.8 Å². The number of hydrogen-bond acceptors (Lipinski definition) is 6. The van der Waals surface area contributed by atoms with Gasteiger partial charge in [-0.3, -0.25) is 14.0 Å². The summed E-state index contributed by atoms with van der Waals surface area (Å²) in [6.07, 6.45) is 4.07. The molecule has 2 N–H and O–H groups in total. The van der Waals surface area contributed by atoms with E-state index in [2.05, 4.69) is 27.5 Å². The van der Waals surface area contributed by atoms with E-state index in [1.54, 1.807) is 45.3 Å². The lowest BCUT2D eigenvalue weighted by atomic mass is 10.1. The van der Waals surface area contributed by atoms with Crippen molar-refractivity contribution < 1.29 is 19.4 Å².